The molecule has 2 fully saturated rings. The molecular formula is C13H23NO4S. The summed E-state index contributed by atoms with van der Waals surface area (Å²) in [6.07, 6.45) is 2.56. The molecule has 1 saturated heterocycles. The van der Waals surface area contributed by atoms with Crippen LogP contribution in [0.1, 0.15) is 39.5 Å². The fraction of sp³-hybridized carbons (Fsp3) is 0.923. The van der Waals surface area contributed by atoms with Crippen LogP contribution in [0.2, 0.25) is 0 Å². The third-order valence-corrected chi connectivity index (χ3v) is 7.02. The molecule has 1 saturated carbocycles. The Morgan fingerprint density at radius 3 is 2.47 bits per heavy atom. The fourth-order valence-electron chi connectivity index (χ4n) is 3.29. The molecule has 0 aromatic rings. The third-order valence-electron chi connectivity index (χ3n) is 4.64. The maximum absolute atomic E-state index is 12.6. The van der Waals surface area contributed by atoms with Crippen molar-refractivity contribution in [1.82, 2.24) is 4.31 Å². The van der Waals surface area contributed by atoms with Crippen LogP contribution in [0.25, 0.3) is 0 Å². The number of rotatable bonds is 4. The van der Waals surface area contributed by atoms with E-state index in [0.717, 1.165) is 6.42 Å². The highest BCUT2D eigenvalue weighted by Gasteiger charge is 2.46. The summed E-state index contributed by atoms with van der Waals surface area (Å²) in [7, 11) is -3.45. The molecular weight excluding hydrogens is 266 g/mol. The van der Waals surface area contributed by atoms with E-state index in [-0.39, 0.29) is 0 Å². The summed E-state index contributed by atoms with van der Waals surface area (Å²) >= 11 is 0. The molecule has 6 heteroatoms. The minimum Gasteiger partial charge on any atom is -0.481 e. The number of carbonyl (C=O) groups is 1. The lowest BCUT2D eigenvalue weighted by Crippen LogP contribution is -2.41. The number of hydrogen-bond acceptors (Lipinski definition) is 3. The van der Waals surface area contributed by atoms with Gasteiger partial charge in [0.05, 0.1) is 11.2 Å². The second-order valence-corrected chi connectivity index (χ2v) is 8.26. The first kappa shape index (κ1) is 14.8. The topological polar surface area (TPSA) is 74.7 Å². The molecule has 2 aliphatic rings. The van der Waals surface area contributed by atoms with Gasteiger partial charge >= 0.3 is 5.97 Å². The number of hydrogen-bond donors (Lipinski definition) is 1. The summed E-state index contributed by atoms with van der Waals surface area (Å²) in [6, 6.07) is 0. The Morgan fingerprint density at radius 2 is 1.95 bits per heavy atom. The van der Waals surface area contributed by atoms with Crippen LogP contribution in [-0.2, 0) is 14.8 Å². The Labute approximate surface area is 115 Å². The summed E-state index contributed by atoms with van der Waals surface area (Å²) in [5.41, 5.74) is 0. The van der Waals surface area contributed by atoms with Gasteiger partial charge in [0, 0.05) is 13.1 Å². The average molecular weight is 289 g/mol. The van der Waals surface area contributed by atoms with Gasteiger partial charge in [0.15, 0.2) is 0 Å². The quantitative estimate of drug-likeness (QED) is 0.852. The first-order chi connectivity index (χ1) is 8.84. The number of aliphatic carboxylic acids is 1. The van der Waals surface area contributed by atoms with Crippen molar-refractivity contribution in [2.45, 2.75) is 44.8 Å². The first-order valence-corrected chi connectivity index (χ1v) is 8.56. The number of carboxylic acid groups (broad SMARTS) is 1. The van der Waals surface area contributed by atoms with Crippen LogP contribution in [0.4, 0.5) is 0 Å². The molecule has 1 aliphatic carbocycles. The van der Waals surface area contributed by atoms with Gasteiger partial charge in [-0.3, -0.25) is 4.79 Å². The molecule has 2 rings (SSSR count). The van der Waals surface area contributed by atoms with Gasteiger partial charge in [0.25, 0.3) is 0 Å². The Balaban J connectivity index is 2.13. The predicted octanol–water partition coefficient (Wildman–Crippen LogP) is 1.55. The number of nitrogens with zero attached hydrogens (tertiary/aromatic N) is 1. The van der Waals surface area contributed by atoms with E-state index in [9.17, 15) is 13.2 Å². The van der Waals surface area contributed by atoms with Crippen molar-refractivity contribution in [3.8, 4) is 0 Å². The lowest BCUT2D eigenvalue weighted by atomic mass is 9.96. The minimum absolute atomic E-state index is 0.402. The van der Waals surface area contributed by atoms with E-state index in [1.165, 1.54) is 4.31 Å². The van der Waals surface area contributed by atoms with Gasteiger partial charge in [-0.15, -0.1) is 0 Å². The van der Waals surface area contributed by atoms with E-state index in [4.69, 9.17) is 5.11 Å². The number of sulfonamides is 1. The maximum Gasteiger partial charge on any atom is 0.307 e. The predicted molar refractivity (Wildman–Crippen MR) is 72.2 cm³/mol. The van der Waals surface area contributed by atoms with Crippen LogP contribution in [-0.4, -0.2) is 42.1 Å². The molecule has 1 N–H and O–H groups in total. The van der Waals surface area contributed by atoms with E-state index >= 15 is 0 Å². The van der Waals surface area contributed by atoms with E-state index in [2.05, 4.69) is 13.8 Å². The van der Waals surface area contributed by atoms with Gasteiger partial charge in [-0.05, 0) is 31.1 Å². The summed E-state index contributed by atoms with van der Waals surface area (Å²) in [6.45, 7) is 5.32. The molecule has 3 unspecified atom stereocenters. The van der Waals surface area contributed by atoms with Crippen LogP contribution in [0.15, 0.2) is 0 Å². The highest BCUT2D eigenvalue weighted by molar-refractivity contribution is 7.89. The van der Waals surface area contributed by atoms with Crippen molar-refractivity contribution in [3.63, 3.8) is 0 Å². The second-order valence-electron chi connectivity index (χ2n) is 6.11. The van der Waals surface area contributed by atoms with Gasteiger partial charge in [-0.1, -0.05) is 20.3 Å². The van der Waals surface area contributed by atoms with Crippen molar-refractivity contribution in [2.24, 2.45) is 17.8 Å². The molecule has 1 heterocycles. The lowest BCUT2D eigenvalue weighted by Gasteiger charge is -2.24. The lowest BCUT2D eigenvalue weighted by molar-refractivity contribution is -0.141. The van der Waals surface area contributed by atoms with Crippen LogP contribution in [0, 0.1) is 17.8 Å². The molecule has 0 aromatic carbocycles. The van der Waals surface area contributed by atoms with Crippen molar-refractivity contribution in [1.29, 1.82) is 0 Å². The van der Waals surface area contributed by atoms with E-state index in [1.54, 1.807) is 0 Å². The summed E-state index contributed by atoms with van der Waals surface area (Å²) < 4.78 is 26.7. The van der Waals surface area contributed by atoms with E-state index in [1.807, 2.05) is 0 Å². The minimum atomic E-state index is -3.45. The fourth-order valence-corrected chi connectivity index (χ4v) is 5.56. The standard InChI is InChI=1S/C13H23NO4S/c1-9(2)10-6-7-14(8-10)19(17,18)12-5-3-4-11(12)13(15)16/h9-12H,3-8H2,1-2H3,(H,15,16). The van der Waals surface area contributed by atoms with Crippen LogP contribution in [0.5, 0.6) is 0 Å². The van der Waals surface area contributed by atoms with Crippen LogP contribution >= 0.6 is 0 Å². The second kappa shape index (κ2) is 5.40. The smallest absolute Gasteiger partial charge is 0.307 e. The zero-order valence-electron chi connectivity index (χ0n) is 11.6. The molecule has 1 aliphatic heterocycles. The Bertz CT molecular complexity index is 446. The average Bonchev–Trinajstić information content (AvgIpc) is 2.98. The number of carboxylic acids is 1. The largest absolute Gasteiger partial charge is 0.481 e. The van der Waals surface area contributed by atoms with E-state index < -0.39 is 27.2 Å². The van der Waals surface area contributed by atoms with Gasteiger partial charge in [-0.2, -0.15) is 0 Å². The Hall–Kier alpha value is -0.620. The normalized spacial score (nSPS) is 33.1. The summed E-state index contributed by atoms with van der Waals surface area (Å²) in [5, 5.41) is 8.43. The molecule has 5 nitrogen and oxygen atoms in total. The molecule has 0 bridgehead atoms. The Kier molecular flexibility index (Phi) is 4.20. The molecule has 0 spiro atoms. The van der Waals surface area contributed by atoms with Crippen molar-refractivity contribution in [2.75, 3.05) is 13.1 Å². The van der Waals surface area contributed by atoms with Crippen LogP contribution < -0.4 is 0 Å². The highest BCUT2D eigenvalue weighted by atomic mass is 32.2. The van der Waals surface area contributed by atoms with Crippen molar-refractivity contribution < 1.29 is 18.3 Å². The van der Waals surface area contributed by atoms with Crippen molar-refractivity contribution >= 4 is 16.0 Å². The first-order valence-electron chi connectivity index (χ1n) is 7.05. The molecule has 3 atom stereocenters. The summed E-state index contributed by atoms with van der Waals surface area (Å²) in [5.74, 6) is -0.813. The maximum atomic E-state index is 12.6. The molecule has 0 radical (unpaired) electrons. The zero-order chi connectivity index (χ0) is 14.2. The Morgan fingerprint density at radius 1 is 1.26 bits per heavy atom. The van der Waals surface area contributed by atoms with Crippen molar-refractivity contribution in [3.05, 3.63) is 0 Å². The molecule has 0 aromatic heterocycles. The van der Waals surface area contributed by atoms with Gasteiger partial charge in [0.2, 0.25) is 10.0 Å². The van der Waals surface area contributed by atoms with Gasteiger partial charge in [-0.25, -0.2) is 12.7 Å². The summed E-state index contributed by atoms with van der Waals surface area (Å²) in [4.78, 5) is 11.2. The molecule has 19 heavy (non-hydrogen) atoms. The third kappa shape index (κ3) is 2.79. The molecule has 0 amide bonds. The SMILES string of the molecule is CC(C)C1CCN(S(=O)(=O)C2CCCC2C(=O)O)C1. The van der Waals surface area contributed by atoms with Gasteiger partial charge < -0.3 is 5.11 Å². The highest BCUT2D eigenvalue weighted by Crippen LogP contribution is 2.36. The zero-order valence-corrected chi connectivity index (χ0v) is 12.4. The van der Waals surface area contributed by atoms with E-state index in [0.29, 0.717) is 44.2 Å². The van der Waals surface area contributed by atoms with Crippen LogP contribution in [0.3, 0.4) is 0 Å². The van der Waals surface area contributed by atoms with Gasteiger partial charge in [0.1, 0.15) is 0 Å². The molecule has 110 valence electrons. The monoisotopic (exact) mass is 289 g/mol.